The van der Waals surface area contributed by atoms with Gasteiger partial charge in [0.05, 0.1) is 11.4 Å². The van der Waals surface area contributed by atoms with Crippen molar-refractivity contribution in [2.24, 2.45) is 0 Å². The largest absolute Gasteiger partial charge is 0.454 e. The lowest BCUT2D eigenvalue weighted by atomic mass is 10.2. The standard InChI is InChI=1S/C19H18N2O4S/c1-20(9-13-6-7-15-16(8-13)25-12-24-15)18(22)10-21-14-4-2-3-5-17(14)26-11-19(21)23/h2-8H,9-12H2,1H3. The predicted octanol–water partition coefficient (Wildman–Crippen LogP) is 2.51. The van der Waals surface area contributed by atoms with Crippen molar-refractivity contribution in [2.45, 2.75) is 11.4 Å². The average molecular weight is 370 g/mol. The van der Waals surface area contributed by atoms with E-state index in [0.29, 0.717) is 18.0 Å². The van der Waals surface area contributed by atoms with Crippen LogP contribution in [0.15, 0.2) is 47.4 Å². The van der Waals surface area contributed by atoms with E-state index in [1.54, 1.807) is 16.8 Å². The first kappa shape index (κ1) is 16.8. The SMILES string of the molecule is CN(Cc1ccc2c(c1)OCO2)C(=O)CN1C(=O)CSc2ccccc21. The van der Waals surface area contributed by atoms with Gasteiger partial charge in [0.2, 0.25) is 18.6 Å². The van der Waals surface area contributed by atoms with Gasteiger partial charge in [0.15, 0.2) is 11.5 Å². The molecule has 0 unspecified atom stereocenters. The molecule has 7 heteroatoms. The fraction of sp³-hybridized carbons (Fsp3) is 0.263. The van der Waals surface area contributed by atoms with E-state index in [1.807, 2.05) is 42.5 Å². The molecule has 2 heterocycles. The van der Waals surface area contributed by atoms with Gasteiger partial charge in [0.25, 0.3) is 0 Å². The molecule has 0 fully saturated rings. The molecule has 2 aromatic carbocycles. The Morgan fingerprint density at radius 3 is 2.88 bits per heavy atom. The lowest BCUT2D eigenvalue weighted by Crippen LogP contribution is -2.43. The molecule has 0 aromatic heterocycles. The Balaban J connectivity index is 1.45. The van der Waals surface area contributed by atoms with Gasteiger partial charge in [0.1, 0.15) is 6.54 Å². The van der Waals surface area contributed by atoms with Crippen LogP contribution >= 0.6 is 11.8 Å². The highest BCUT2D eigenvalue weighted by atomic mass is 32.2. The third-order valence-electron chi connectivity index (χ3n) is 4.38. The summed E-state index contributed by atoms with van der Waals surface area (Å²) in [6.45, 7) is 0.702. The van der Waals surface area contributed by atoms with E-state index in [2.05, 4.69) is 0 Å². The summed E-state index contributed by atoms with van der Waals surface area (Å²) in [6, 6.07) is 13.3. The van der Waals surface area contributed by atoms with Crippen molar-refractivity contribution in [1.29, 1.82) is 0 Å². The van der Waals surface area contributed by atoms with E-state index in [1.165, 1.54) is 11.8 Å². The van der Waals surface area contributed by atoms with E-state index in [4.69, 9.17) is 9.47 Å². The normalized spacial score (nSPS) is 15.0. The number of carbonyl (C=O) groups excluding carboxylic acids is 2. The minimum absolute atomic E-state index is 0.0391. The summed E-state index contributed by atoms with van der Waals surface area (Å²) in [5, 5.41) is 0. The van der Waals surface area contributed by atoms with E-state index in [9.17, 15) is 9.59 Å². The van der Waals surface area contributed by atoms with Crippen molar-refractivity contribution < 1.29 is 19.1 Å². The molecule has 0 spiro atoms. The lowest BCUT2D eigenvalue weighted by molar-refractivity contribution is -0.130. The molecule has 0 bridgehead atoms. The van der Waals surface area contributed by atoms with Gasteiger partial charge in [-0.15, -0.1) is 11.8 Å². The number of ether oxygens (including phenoxy) is 2. The zero-order valence-electron chi connectivity index (χ0n) is 14.3. The minimum Gasteiger partial charge on any atom is -0.454 e. The van der Waals surface area contributed by atoms with Gasteiger partial charge < -0.3 is 19.3 Å². The topological polar surface area (TPSA) is 59.1 Å². The molecule has 0 N–H and O–H groups in total. The van der Waals surface area contributed by atoms with Crippen LogP contribution in [0, 0.1) is 0 Å². The van der Waals surface area contributed by atoms with E-state index < -0.39 is 0 Å². The second-order valence-electron chi connectivity index (χ2n) is 6.17. The molecular weight excluding hydrogens is 352 g/mol. The minimum atomic E-state index is -0.113. The smallest absolute Gasteiger partial charge is 0.242 e. The first-order valence-corrected chi connectivity index (χ1v) is 9.25. The second-order valence-corrected chi connectivity index (χ2v) is 7.19. The predicted molar refractivity (Wildman–Crippen MR) is 98.6 cm³/mol. The molecular formula is C19H18N2O4S. The maximum atomic E-state index is 12.7. The monoisotopic (exact) mass is 370 g/mol. The number of thioether (sulfide) groups is 1. The molecule has 0 saturated carbocycles. The molecule has 0 radical (unpaired) electrons. The van der Waals surface area contributed by atoms with Crippen molar-refractivity contribution in [3.63, 3.8) is 0 Å². The van der Waals surface area contributed by atoms with Gasteiger partial charge in [0, 0.05) is 18.5 Å². The Morgan fingerprint density at radius 2 is 2.00 bits per heavy atom. The van der Waals surface area contributed by atoms with Crippen molar-refractivity contribution in [3.05, 3.63) is 48.0 Å². The summed E-state index contributed by atoms with van der Waals surface area (Å²) in [5.41, 5.74) is 1.75. The van der Waals surface area contributed by atoms with Gasteiger partial charge in [-0.2, -0.15) is 0 Å². The Bertz CT molecular complexity index is 870. The maximum absolute atomic E-state index is 12.7. The van der Waals surface area contributed by atoms with Crippen LogP contribution in [0.25, 0.3) is 0 Å². The molecule has 2 amide bonds. The summed E-state index contributed by atoms with van der Waals surface area (Å²) >= 11 is 1.51. The molecule has 2 aliphatic rings. The number of fused-ring (bicyclic) bond motifs is 2. The van der Waals surface area contributed by atoms with Gasteiger partial charge in [-0.05, 0) is 29.8 Å². The van der Waals surface area contributed by atoms with Crippen LogP contribution in [0.3, 0.4) is 0 Å². The van der Waals surface area contributed by atoms with Crippen LogP contribution in [0.5, 0.6) is 11.5 Å². The van der Waals surface area contributed by atoms with Crippen molar-refractivity contribution in [3.8, 4) is 11.5 Å². The van der Waals surface area contributed by atoms with Gasteiger partial charge in [-0.3, -0.25) is 9.59 Å². The number of anilines is 1. The molecule has 4 rings (SSSR count). The van der Waals surface area contributed by atoms with Crippen LogP contribution in [0.1, 0.15) is 5.56 Å². The van der Waals surface area contributed by atoms with Gasteiger partial charge in [-0.25, -0.2) is 0 Å². The average Bonchev–Trinajstić information content (AvgIpc) is 3.11. The highest BCUT2D eigenvalue weighted by Gasteiger charge is 2.27. The Morgan fingerprint density at radius 1 is 1.19 bits per heavy atom. The van der Waals surface area contributed by atoms with Crippen molar-refractivity contribution >= 4 is 29.3 Å². The van der Waals surface area contributed by atoms with E-state index >= 15 is 0 Å². The maximum Gasteiger partial charge on any atom is 0.242 e. The molecule has 0 saturated heterocycles. The van der Waals surface area contributed by atoms with Crippen molar-refractivity contribution in [2.75, 3.05) is 31.0 Å². The first-order valence-electron chi connectivity index (χ1n) is 8.26. The summed E-state index contributed by atoms with van der Waals surface area (Å²) in [7, 11) is 1.74. The number of amides is 2. The molecule has 0 aliphatic carbocycles. The Labute approximate surface area is 155 Å². The van der Waals surface area contributed by atoms with E-state index in [-0.39, 0.29) is 25.2 Å². The summed E-state index contributed by atoms with van der Waals surface area (Å²) < 4.78 is 10.7. The lowest BCUT2D eigenvalue weighted by Gasteiger charge is -2.30. The summed E-state index contributed by atoms with van der Waals surface area (Å²) in [6.07, 6.45) is 0. The summed E-state index contributed by atoms with van der Waals surface area (Å²) in [4.78, 5) is 29.2. The third kappa shape index (κ3) is 3.22. The van der Waals surface area contributed by atoms with Gasteiger partial charge >= 0.3 is 0 Å². The van der Waals surface area contributed by atoms with Crippen LogP contribution < -0.4 is 14.4 Å². The fourth-order valence-electron chi connectivity index (χ4n) is 2.98. The molecule has 2 aliphatic heterocycles. The third-order valence-corrected chi connectivity index (χ3v) is 5.43. The number of nitrogens with zero attached hydrogens (tertiary/aromatic N) is 2. The Hall–Kier alpha value is -2.67. The summed E-state index contributed by atoms with van der Waals surface area (Å²) in [5.74, 6) is 1.61. The van der Waals surface area contributed by atoms with Crippen LogP contribution in [-0.4, -0.2) is 42.9 Å². The zero-order valence-corrected chi connectivity index (χ0v) is 15.1. The number of hydrogen-bond acceptors (Lipinski definition) is 5. The van der Waals surface area contributed by atoms with E-state index in [0.717, 1.165) is 21.9 Å². The second kappa shape index (κ2) is 6.92. The number of carbonyl (C=O) groups is 2. The highest BCUT2D eigenvalue weighted by Crippen LogP contribution is 2.35. The zero-order chi connectivity index (χ0) is 18.1. The van der Waals surface area contributed by atoms with Crippen LogP contribution in [-0.2, 0) is 16.1 Å². The molecule has 6 nitrogen and oxygen atoms in total. The van der Waals surface area contributed by atoms with Crippen LogP contribution in [0.4, 0.5) is 5.69 Å². The highest BCUT2D eigenvalue weighted by molar-refractivity contribution is 8.00. The van der Waals surface area contributed by atoms with Gasteiger partial charge in [-0.1, -0.05) is 18.2 Å². The number of para-hydroxylation sites is 1. The number of hydrogen-bond donors (Lipinski definition) is 0. The quantitative estimate of drug-likeness (QED) is 0.828. The van der Waals surface area contributed by atoms with Crippen LogP contribution in [0.2, 0.25) is 0 Å². The number of likely N-dealkylation sites (N-methyl/N-ethyl adjacent to an activating group) is 1. The fourth-order valence-corrected chi connectivity index (χ4v) is 3.92. The van der Waals surface area contributed by atoms with Crippen molar-refractivity contribution in [1.82, 2.24) is 4.90 Å². The Kier molecular flexibility index (Phi) is 4.46. The molecule has 0 atom stereocenters. The molecule has 2 aromatic rings. The number of rotatable bonds is 4. The molecule has 134 valence electrons. The first-order chi connectivity index (χ1) is 12.6. The number of benzene rings is 2. The molecule has 26 heavy (non-hydrogen) atoms.